The minimum atomic E-state index is -0.317. The van der Waals surface area contributed by atoms with Crippen molar-refractivity contribution in [3.63, 3.8) is 0 Å². The van der Waals surface area contributed by atoms with E-state index in [0.717, 1.165) is 33.8 Å². The number of anilines is 1. The predicted molar refractivity (Wildman–Crippen MR) is 129 cm³/mol. The Morgan fingerprint density at radius 2 is 1.71 bits per heavy atom. The molecule has 4 aromatic rings. The van der Waals surface area contributed by atoms with Crippen LogP contribution in [-0.2, 0) is 11.3 Å². The van der Waals surface area contributed by atoms with Crippen LogP contribution in [0.3, 0.4) is 0 Å². The third-order valence-corrected chi connectivity index (χ3v) is 6.45. The van der Waals surface area contributed by atoms with Gasteiger partial charge in [0.25, 0.3) is 5.95 Å². The Hall–Kier alpha value is -3.58. The Labute approximate surface area is 202 Å². The molecule has 0 saturated carbocycles. The molecule has 2 aromatic carbocycles. The fraction of sp³-hybridized carbons (Fsp3) is 0.231. The molecule has 0 bridgehead atoms. The van der Waals surface area contributed by atoms with Gasteiger partial charge in [0.05, 0.1) is 12.2 Å². The van der Waals surface area contributed by atoms with E-state index < -0.39 is 0 Å². The fourth-order valence-corrected chi connectivity index (χ4v) is 4.78. The Kier molecular flexibility index (Phi) is 5.65. The molecule has 1 amide bonds. The minimum Gasteiger partial charge on any atom is -0.292 e. The van der Waals surface area contributed by atoms with Crippen molar-refractivity contribution in [2.24, 2.45) is 0 Å². The molecular weight excluding hydrogens is 453 g/mol. The maximum absolute atomic E-state index is 13.6. The summed E-state index contributed by atoms with van der Waals surface area (Å²) in [6, 6.07) is 15.7. The number of halogens is 2. The highest BCUT2D eigenvalue weighted by atomic mass is 35.5. The highest BCUT2D eigenvalue weighted by Crippen LogP contribution is 2.43. The van der Waals surface area contributed by atoms with E-state index in [-0.39, 0.29) is 30.6 Å². The lowest BCUT2D eigenvalue weighted by atomic mass is 9.85. The van der Waals surface area contributed by atoms with Crippen LogP contribution < -0.4 is 4.90 Å². The van der Waals surface area contributed by atoms with Crippen molar-refractivity contribution in [2.45, 2.75) is 39.7 Å². The molecule has 3 heterocycles. The van der Waals surface area contributed by atoms with Gasteiger partial charge >= 0.3 is 0 Å². The van der Waals surface area contributed by atoms with E-state index in [9.17, 15) is 9.18 Å². The van der Waals surface area contributed by atoms with E-state index in [2.05, 4.69) is 9.97 Å². The zero-order valence-electron chi connectivity index (χ0n) is 19.1. The molecular formula is C26H23ClFN5O. The summed E-state index contributed by atoms with van der Waals surface area (Å²) >= 11 is 6.44. The SMILES string of the molecule is Cc1cc(C)nc(-n2nc(C)c3c2N(Cc2ccccc2Cl)C(=O)C[C@H]3c2ccc(F)cc2)n1. The quantitative estimate of drug-likeness (QED) is 0.394. The second kappa shape index (κ2) is 8.65. The molecule has 8 heteroatoms. The molecule has 1 atom stereocenters. The summed E-state index contributed by atoms with van der Waals surface area (Å²) in [6.45, 7) is 6.00. The van der Waals surface area contributed by atoms with Crippen LogP contribution in [0.5, 0.6) is 0 Å². The monoisotopic (exact) mass is 475 g/mol. The molecule has 1 aliphatic heterocycles. The van der Waals surface area contributed by atoms with Crippen molar-refractivity contribution >= 4 is 23.3 Å². The lowest BCUT2D eigenvalue weighted by Crippen LogP contribution is -2.38. The molecule has 5 rings (SSSR count). The van der Waals surface area contributed by atoms with Gasteiger partial charge < -0.3 is 0 Å². The maximum atomic E-state index is 13.6. The molecule has 2 aromatic heterocycles. The normalized spacial score (nSPS) is 15.5. The maximum Gasteiger partial charge on any atom is 0.252 e. The second-order valence-corrected chi connectivity index (χ2v) is 8.97. The molecule has 0 N–H and O–H groups in total. The van der Waals surface area contributed by atoms with E-state index in [1.54, 1.807) is 21.7 Å². The zero-order valence-corrected chi connectivity index (χ0v) is 19.8. The van der Waals surface area contributed by atoms with Gasteiger partial charge in [-0.25, -0.2) is 14.4 Å². The Bertz CT molecular complexity index is 1380. The number of aromatic nitrogens is 4. The van der Waals surface area contributed by atoms with Gasteiger partial charge in [0.15, 0.2) is 0 Å². The molecule has 0 radical (unpaired) electrons. The van der Waals surface area contributed by atoms with Crippen molar-refractivity contribution in [1.29, 1.82) is 0 Å². The highest BCUT2D eigenvalue weighted by Gasteiger charge is 2.38. The molecule has 0 aliphatic carbocycles. The first-order valence-electron chi connectivity index (χ1n) is 11.0. The first-order valence-corrected chi connectivity index (χ1v) is 11.4. The van der Waals surface area contributed by atoms with Crippen LogP contribution in [0, 0.1) is 26.6 Å². The number of aryl methyl sites for hydroxylation is 3. The summed E-state index contributed by atoms with van der Waals surface area (Å²) in [5.41, 5.74) is 4.97. The fourth-order valence-electron chi connectivity index (χ4n) is 4.58. The van der Waals surface area contributed by atoms with Crippen molar-refractivity contribution in [1.82, 2.24) is 19.7 Å². The Morgan fingerprint density at radius 1 is 1.03 bits per heavy atom. The first-order chi connectivity index (χ1) is 16.3. The van der Waals surface area contributed by atoms with Gasteiger partial charge in [-0.2, -0.15) is 9.78 Å². The zero-order chi connectivity index (χ0) is 24.0. The van der Waals surface area contributed by atoms with Gasteiger partial charge in [0, 0.05) is 34.3 Å². The summed E-state index contributed by atoms with van der Waals surface area (Å²) in [5.74, 6) is 0.367. The summed E-state index contributed by atoms with van der Waals surface area (Å²) in [4.78, 5) is 24.5. The molecule has 172 valence electrons. The second-order valence-electron chi connectivity index (χ2n) is 8.56. The van der Waals surface area contributed by atoms with E-state index >= 15 is 0 Å². The first kappa shape index (κ1) is 22.2. The van der Waals surface area contributed by atoms with Gasteiger partial charge in [-0.3, -0.25) is 9.69 Å². The number of hydrogen-bond acceptors (Lipinski definition) is 4. The van der Waals surface area contributed by atoms with E-state index in [4.69, 9.17) is 16.7 Å². The predicted octanol–water partition coefficient (Wildman–Crippen LogP) is 5.45. The molecule has 34 heavy (non-hydrogen) atoms. The molecule has 6 nitrogen and oxygen atoms in total. The van der Waals surface area contributed by atoms with Crippen molar-refractivity contribution < 1.29 is 9.18 Å². The Balaban J connectivity index is 1.72. The largest absolute Gasteiger partial charge is 0.292 e. The molecule has 0 spiro atoms. The number of rotatable bonds is 4. The van der Waals surface area contributed by atoms with E-state index in [0.29, 0.717) is 16.8 Å². The van der Waals surface area contributed by atoms with Gasteiger partial charge in [-0.15, -0.1) is 0 Å². The van der Waals surface area contributed by atoms with Crippen LogP contribution >= 0.6 is 11.6 Å². The minimum absolute atomic E-state index is 0.0766. The molecule has 0 unspecified atom stereocenters. The van der Waals surface area contributed by atoms with E-state index in [1.807, 2.05) is 51.1 Å². The molecule has 0 saturated heterocycles. The summed E-state index contributed by atoms with van der Waals surface area (Å²) in [6.07, 6.45) is 0.239. The third kappa shape index (κ3) is 3.96. The number of nitrogens with zero attached hydrogens (tertiary/aromatic N) is 5. The van der Waals surface area contributed by atoms with Crippen LogP contribution in [0.15, 0.2) is 54.6 Å². The summed E-state index contributed by atoms with van der Waals surface area (Å²) < 4.78 is 15.3. The third-order valence-electron chi connectivity index (χ3n) is 6.08. The van der Waals surface area contributed by atoms with Gasteiger partial charge in [-0.05, 0) is 56.2 Å². The smallest absolute Gasteiger partial charge is 0.252 e. The molecule has 0 fully saturated rings. The average molecular weight is 476 g/mol. The lowest BCUT2D eigenvalue weighted by molar-refractivity contribution is -0.119. The van der Waals surface area contributed by atoms with Crippen LogP contribution in [0.25, 0.3) is 5.95 Å². The van der Waals surface area contributed by atoms with Crippen molar-refractivity contribution in [3.05, 3.63) is 99.2 Å². The number of fused-ring (bicyclic) bond motifs is 1. The summed E-state index contributed by atoms with van der Waals surface area (Å²) in [7, 11) is 0. The van der Waals surface area contributed by atoms with Gasteiger partial charge in [0.2, 0.25) is 5.91 Å². The number of hydrogen-bond donors (Lipinski definition) is 0. The lowest BCUT2D eigenvalue weighted by Gasteiger charge is -2.33. The van der Waals surface area contributed by atoms with E-state index in [1.165, 1.54) is 12.1 Å². The average Bonchev–Trinajstić information content (AvgIpc) is 3.14. The number of benzene rings is 2. The standard InChI is InChI=1S/C26H23ClFN5O/c1-15-12-16(2)30-26(29-15)33-25-24(17(3)31-33)21(18-8-10-20(28)11-9-18)13-23(34)32(25)14-19-6-4-5-7-22(19)27/h4-12,21H,13-14H2,1-3H3/t21-/m0/s1. The van der Waals surface area contributed by atoms with Crippen LogP contribution in [0.1, 0.15) is 46.1 Å². The van der Waals surface area contributed by atoms with Crippen LogP contribution in [0.4, 0.5) is 10.2 Å². The van der Waals surface area contributed by atoms with Crippen molar-refractivity contribution in [2.75, 3.05) is 4.90 Å². The number of amides is 1. The topological polar surface area (TPSA) is 63.9 Å². The summed E-state index contributed by atoms with van der Waals surface area (Å²) in [5, 5.41) is 5.36. The molecule has 1 aliphatic rings. The van der Waals surface area contributed by atoms with Crippen LogP contribution in [-0.4, -0.2) is 25.7 Å². The van der Waals surface area contributed by atoms with Crippen molar-refractivity contribution in [3.8, 4) is 5.95 Å². The van der Waals surface area contributed by atoms with Gasteiger partial charge in [0.1, 0.15) is 11.6 Å². The van der Waals surface area contributed by atoms with Gasteiger partial charge in [-0.1, -0.05) is 41.9 Å². The highest BCUT2D eigenvalue weighted by molar-refractivity contribution is 6.31. The van der Waals surface area contributed by atoms with Crippen LogP contribution in [0.2, 0.25) is 5.02 Å². The number of carbonyl (C=O) groups excluding carboxylic acids is 1. The number of carbonyl (C=O) groups is 1. The Morgan fingerprint density at radius 3 is 2.38 bits per heavy atom.